The summed E-state index contributed by atoms with van der Waals surface area (Å²) in [4.78, 5) is 0.347. The van der Waals surface area contributed by atoms with Gasteiger partial charge >= 0.3 is 0 Å². The summed E-state index contributed by atoms with van der Waals surface area (Å²) in [6.07, 6.45) is 0. The SMILES string of the molecule is CCN(CC[N+](C)(C)CCOc1cccc(C)c1)S(=O)(=O)c1ccccc1. The maximum absolute atomic E-state index is 12.8. The van der Waals surface area contributed by atoms with Gasteiger partial charge in [0.2, 0.25) is 10.0 Å². The molecule has 0 aromatic heterocycles. The van der Waals surface area contributed by atoms with Crippen molar-refractivity contribution < 1.29 is 17.6 Å². The van der Waals surface area contributed by atoms with Crippen LogP contribution in [0.25, 0.3) is 0 Å². The standard InChI is InChI=1S/C21H31N2O3S/c1-5-22(27(24,25)21-12-7-6-8-13-21)14-15-23(3,4)16-17-26-20-11-9-10-19(2)18-20/h6-13,18H,5,14-17H2,1-4H3/q+1. The highest BCUT2D eigenvalue weighted by Gasteiger charge is 2.25. The van der Waals surface area contributed by atoms with E-state index in [1.165, 1.54) is 5.56 Å². The number of likely N-dealkylation sites (N-methyl/N-ethyl adjacent to an activating group) is 2. The molecule has 2 rings (SSSR count). The van der Waals surface area contributed by atoms with Crippen LogP contribution in [-0.4, -0.2) is 64.1 Å². The van der Waals surface area contributed by atoms with Crippen LogP contribution < -0.4 is 4.74 Å². The van der Waals surface area contributed by atoms with Crippen molar-refractivity contribution in [1.29, 1.82) is 0 Å². The minimum absolute atomic E-state index is 0.347. The topological polar surface area (TPSA) is 46.6 Å². The number of quaternary nitrogens is 1. The summed E-state index contributed by atoms with van der Waals surface area (Å²) in [5, 5.41) is 0. The molecular weight excluding hydrogens is 360 g/mol. The van der Waals surface area contributed by atoms with E-state index in [0.29, 0.717) is 29.1 Å². The Bertz CT molecular complexity index is 820. The van der Waals surface area contributed by atoms with Gasteiger partial charge in [0, 0.05) is 6.54 Å². The molecule has 0 saturated heterocycles. The van der Waals surface area contributed by atoms with Gasteiger partial charge < -0.3 is 9.22 Å². The summed E-state index contributed by atoms with van der Waals surface area (Å²) < 4.78 is 33.7. The van der Waals surface area contributed by atoms with E-state index in [1.807, 2.05) is 44.2 Å². The van der Waals surface area contributed by atoms with Crippen molar-refractivity contribution in [3.8, 4) is 5.75 Å². The van der Waals surface area contributed by atoms with E-state index in [0.717, 1.165) is 18.8 Å². The van der Waals surface area contributed by atoms with Gasteiger partial charge in [0.15, 0.2) is 0 Å². The Morgan fingerprint density at radius 2 is 1.70 bits per heavy atom. The highest BCUT2D eigenvalue weighted by molar-refractivity contribution is 7.89. The van der Waals surface area contributed by atoms with Gasteiger partial charge in [0.25, 0.3) is 0 Å². The monoisotopic (exact) mass is 391 g/mol. The van der Waals surface area contributed by atoms with Crippen molar-refractivity contribution >= 4 is 10.0 Å². The van der Waals surface area contributed by atoms with Crippen LogP contribution >= 0.6 is 0 Å². The zero-order valence-electron chi connectivity index (χ0n) is 16.8. The quantitative estimate of drug-likeness (QED) is 0.585. The number of rotatable bonds is 10. The molecule has 0 aliphatic heterocycles. The van der Waals surface area contributed by atoms with Crippen molar-refractivity contribution in [1.82, 2.24) is 4.31 Å². The first-order valence-corrected chi connectivity index (χ1v) is 10.8. The van der Waals surface area contributed by atoms with E-state index < -0.39 is 10.0 Å². The van der Waals surface area contributed by atoms with Gasteiger partial charge in [-0.05, 0) is 36.8 Å². The van der Waals surface area contributed by atoms with Crippen LogP contribution in [0.4, 0.5) is 0 Å². The van der Waals surface area contributed by atoms with E-state index in [2.05, 4.69) is 14.1 Å². The number of hydrogen-bond donors (Lipinski definition) is 0. The summed E-state index contributed by atoms with van der Waals surface area (Å²) >= 11 is 0. The van der Waals surface area contributed by atoms with Gasteiger partial charge in [-0.3, -0.25) is 0 Å². The molecule has 0 atom stereocenters. The Hall–Kier alpha value is -1.89. The van der Waals surface area contributed by atoms with Crippen LogP contribution in [0.2, 0.25) is 0 Å². The summed E-state index contributed by atoms with van der Waals surface area (Å²) in [5.41, 5.74) is 1.17. The maximum Gasteiger partial charge on any atom is 0.243 e. The van der Waals surface area contributed by atoms with Crippen molar-refractivity contribution in [2.24, 2.45) is 0 Å². The lowest BCUT2D eigenvalue weighted by molar-refractivity contribution is -0.889. The summed E-state index contributed by atoms with van der Waals surface area (Å²) in [6.45, 7) is 6.96. The van der Waals surface area contributed by atoms with E-state index in [4.69, 9.17) is 4.74 Å². The highest BCUT2D eigenvalue weighted by atomic mass is 32.2. The van der Waals surface area contributed by atoms with E-state index in [-0.39, 0.29) is 0 Å². The van der Waals surface area contributed by atoms with Crippen LogP contribution in [0, 0.1) is 6.92 Å². The largest absolute Gasteiger partial charge is 0.488 e. The lowest BCUT2D eigenvalue weighted by Gasteiger charge is -2.32. The number of aryl methyl sites for hydroxylation is 1. The van der Waals surface area contributed by atoms with Crippen LogP contribution in [0.3, 0.4) is 0 Å². The summed E-state index contributed by atoms with van der Waals surface area (Å²) in [7, 11) is 0.750. The second-order valence-corrected chi connectivity index (χ2v) is 9.30. The number of hydrogen-bond acceptors (Lipinski definition) is 3. The molecular formula is C21H31N2O3S+. The highest BCUT2D eigenvalue weighted by Crippen LogP contribution is 2.16. The van der Waals surface area contributed by atoms with Gasteiger partial charge in [0.1, 0.15) is 18.9 Å². The lowest BCUT2D eigenvalue weighted by atomic mass is 10.2. The average molecular weight is 392 g/mol. The third kappa shape index (κ3) is 6.34. The van der Waals surface area contributed by atoms with Crippen molar-refractivity contribution in [3.63, 3.8) is 0 Å². The Morgan fingerprint density at radius 3 is 2.33 bits per heavy atom. The van der Waals surface area contributed by atoms with Crippen molar-refractivity contribution in [3.05, 3.63) is 60.2 Å². The molecule has 2 aromatic rings. The predicted molar refractivity (Wildman–Crippen MR) is 109 cm³/mol. The van der Waals surface area contributed by atoms with Gasteiger partial charge in [-0.25, -0.2) is 8.42 Å². The van der Waals surface area contributed by atoms with Gasteiger partial charge in [0.05, 0.1) is 32.1 Å². The molecule has 0 aliphatic rings. The molecule has 0 N–H and O–H groups in total. The summed E-state index contributed by atoms with van der Waals surface area (Å²) in [5.74, 6) is 0.872. The number of ether oxygens (including phenoxy) is 1. The van der Waals surface area contributed by atoms with Gasteiger partial charge in [-0.1, -0.05) is 37.3 Å². The van der Waals surface area contributed by atoms with Crippen LogP contribution in [0.5, 0.6) is 5.75 Å². The van der Waals surface area contributed by atoms with Crippen molar-refractivity contribution in [2.45, 2.75) is 18.7 Å². The Labute approximate surface area is 163 Å². The fourth-order valence-corrected chi connectivity index (χ4v) is 4.26. The molecule has 0 heterocycles. The molecule has 0 spiro atoms. The third-order valence-corrected chi connectivity index (χ3v) is 6.63. The van der Waals surface area contributed by atoms with E-state index in [9.17, 15) is 8.42 Å². The van der Waals surface area contributed by atoms with Crippen LogP contribution in [-0.2, 0) is 10.0 Å². The summed E-state index contributed by atoms with van der Waals surface area (Å²) in [6, 6.07) is 16.6. The fraction of sp³-hybridized carbons (Fsp3) is 0.429. The van der Waals surface area contributed by atoms with Crippen LogP contribution in [0.1, 0.15) is 12.5 Å². The molecule has 27 heavy (non-hydrogen) atoms. The minimum atomic E-state index is -3.45. The Kier molecular flexibility index (Phi) is 7.41. The van der Waals surface area contributed by atoms with Gasteiger partial charge in [-0.15, -0.1) is 0 Å². The molecule has 0 unspecified atom stereocenters. The molecule has 0 amide bonds. The normalized spacial score (nSPS) is 12.3. The van der Waals surface area contributed by atoms with E-state index >= 15 is 0 Å². The minimum Gasteiger partial charge on any atom is -0.488 e. The first-order valence-electron chi connectivity index (χ1n) is 9.31. The second-order valence-electron chi connectivity index (χ2n) is 7.36. The molecule has 0 fully saturated rings. The van der Waals surface area contributed by atoms with Crippen molar-refractivity contribution in [2.75, 3.05) is 46.9 Å². The molecule has 6 heteroatoms. The number of benzene rings is 2. The lowest BCUT2D eigenvalue weighted by Crippen LogP contribution is -2.48. The second kappa shape index (κ2) is 9.35. The smallest absolute Gasteiger partial charge is 0.243 e. The fourth-order valence-electron chi connectivity index (χ4n) is 2.80. The molecule has 0 aliphatic carbocycles. The predicted octanol–water partition coefficient (Wildman–Crippen LogP) is 3.16. The Morgan fingerprint density at radius 1 is 1.00 bits per heavy atom. The molecule has 0 radical (unpaired) electrons. The zero-order valence-corrected chi connectivity index (χ0v) is 17.6. The zero-order chi connectivity index (χ0) is 19.9. The first-order chi connectivity index (χ1) is 12.7. The maximum atomic E-state index is 12.8. The molecule has 148 valence electrons. The molecule has 0 bridgehead atoms. The number of nitrogens with zero attached hydrogens (tertiary/aromatic N) is 2. The third-order valence-electron chi connectivity index (χ3n) is 4.64. The van der Waals surface area contributed by atoms with E-state index in [1.54, 1.807) is 28.6 Å². The first kappa shape index (κ1) is 21.4. The number of sulfonamides is 1. The van der Waals surface area contributed by atoms with Gasteiger partial charge in [-0.2, -0.15) is 4.31 Å². The average Bonchev–Trinajstić information content (AvgIpc) is 2.62. The van der Waals surface area contributed by atoms with Crippen LogP contribution in [0.15, 0.2) is 59.5 Å². The molecule has 5 nitrogen and oxygen atoms in total. The Balaban J connectivity index is 1.90. The molecule has 2 aromatic carbocycles. The molecule has 0 saturated carbocycles.